The van der Waals surface area contributed by atoms with Crippen LogP contribution in [0.2, 0.25) is 0 Å². The van der Waals surface area contributed by atoms with Gasteiger partial charge in [0.25, 0.3) is 5.91 Å². The Bertz CT molecular complexity index is 1100. The van der Waals surface area contributed by atoms with Crippen molar-refractivity contribution in [2.24, 2.45) is 0 Å². The van der Waals surface area contributed by atoms with Crippen molar-refractivity contribution in [3.63, 3.8) is 0 Å². The Morgan fingerprint density at radius 1 is 1.00 bits per heavy atom. The molecule has 2 aromatic rings. The lowest BCUT2D eigenvalue weighted by Crippen LogP contribution is -2.59. The number of carbonyl (C=O) groups is 4. The molecule has 2 heterocycles. The summed E-state index contributed by atoms with van der Waals surface area (Å²) in [5.74, 6) is -1.98. The van der Waals surface area contributed by atoms with Gasteiger partial charge in [-0.15, -0.1) is 11.3 Å². The van der Waals surface area contributed by atoms with E-state index in [0.29, 0.717) is 9.88 Å². The standard InChI is InChI=1S/C25H32N4O7S/c1-15-26-11-20(37-15)24(33)29-19(13-35-4)23(32)28-18(12-34-3)22(31)27-17(21(30)25(2)14-36-25)10-16-8-6-5-7-9-16/h5-9,11,17-19H,10,12-14H2,1-4H3,(H,27,31)(H,28,32)(H,29,33)/t17-,18+,19-,25-/m0/s1. The van der Waals surface area contributed by atoms with Crippen LogP contribution in [0.4, 0.5) is 0 Å². The first-order chi connectivity index (χ1) is 17.7. The fraction of sp³-hybridized carbons (Fsp3) is 0.480. The average Bonchev–Trinajstić information content (AvgIpc) is 3.48. The maximum Gasteiger partial charge on any atom is 0.263 e. The molecule has 0 unspecified atom stereocenters. The second-order valence-electron chi connectivity index (χ2n) is 8.88. The number of Topliss-reactive ketones (excluding diaryl/α,β-unsaturated/α-hetero) is 1. The largest absolute Gasteiger partial charge is 0.382 e. The van der Waals surface area contributed by atoms with Gasteiger partial charge < -0.3 is 30.2 Å². The fourth-order valence-electron chi connectivity index (χ4n) is 3.62. The van der Waals surface area contributed by atoms with Crippen LogP contribution in [0.1, 0.15) is 27.2 Å². The van der Waals surface area contributed by atoms with E-state index in [4.69, 9.17) is 14.2 Å². The minimum atomic E-state index is -1.13. The first kappa shape index (κ1) is 28.4. The van der Waals surface area contributed by atoms with E-state index in [-0.39, 0.29) is 32.0 Å². The van der Waals surface area contributed by atoms with Crippen molar-refractivity contribution < 1.29 is 33.4 Å². The normalized spacial score (nSPS) is 18.8. The first-order valence-corrected chi connectivity index (χ1v) is 12.5. The number of ketones is 1. The van der Waals surface area contributed by atoms with E-state index in [1.165, 1.54) is 31.8 Å². The smallest absolute Gasteiger partial charge is 0.263 e. The Labute approximate surface area is 219 Å². The van der Waals surface area contributed by atoms with E-state index >= 15 is 0 Å². The highest BCUT2D eigenvalue weighted by molar-refractivity contribution is 7.13. The van der Waals surface area contributed by atoms with Gasteiger partial charge in [0.2, 0.25) is 11.8 Å². The first-order valence-electron chi connectivity index (χ1n) is 11.7. The summed E-state index contributed by atoms with van der Waals surface area (Å²) in [6, 6.07) is 6.20. The van der Waals surface area contributed by atoms with Gasteiger partial charge in [-0.3, -0.25) is 19.2 Å². The Hall–Kier alpha value is -3.19. The van der Waals surface area contributed by atoms with Gasteiger partial charge in [0.15, 0.2) is 5.78 Å². The van der Waals surface area contributed by atoms with Gasteiger partial charge in [-0.1, -0.05) is 30.3 Å². The van der Waals surface area contributed by atoms with Gasteiger partial charge >= 0.3 is 0 Å². The number of hydrogen-bond donors (Lipinski definition) is 3. The van der Waals surface area contributed by atoms with Gasteiger partial charge in [-0.2, -0.15) is 0 Å². The zero-order valence-electron chi connectivity index (χ0n) is 21.2. The molecule has 12 heteroatoms. The number of benzene rings is 1. The quantitative estimate of drug-likeness (QED) is 0.297. The van der Waals surface area contributed by atoms with E-state index in [1.807, 2.05) is 30.3 Å². The Kier molecular flexibility index (Phi) is 9.86. The Morgan fingerprint density at radius 3 is 2.08 bits per heavy atom. The number of methoxy groups -OCH3 is 2. The zero-order valence-corrected chi connectivity index (χ0v) is 22.1. The molecule has 1 aliphatic rings. The van der Waals surface area contributed by atoms with Crippen LogP contribution in [0.25, 0.3) is 0 Å². The fourth-order valence-corrected chi connectivity index (χ4v) is 4.30. The van der Waals surface area contributed by atoms with Gasteiger partial charge in [0, 0.05) is 14.2 Å². The summed E-state index contributed by atoms with van der Waals surface area (Å²) in [5.41, 5.74) is -0.0887. The summed E-state index contributed by atoms with van der Waals surface area (Å²) < 4.78 is 15.6. The summed E-state index contributed by atoms with van der Waals surface area (Å²) in [6.45, 7) is 3.44. The highest BCUT2D eigenvalue weighted by Gasteiger charge is 2.50. The molecule has 4 atom stereocenters. The van der Waals surface area contributed by atoms with Crippen molar-refractivity contribution in [1.82, 2.24) is 20.9 Å². The highest BCUT2D eigenvalue weighted by Crippen LogP contribution is 2.29. The van der Waals surface area contributed by atoms with Crippen LogP contribution in [-0.2, 0) is 35.0 Å². The molecule has 0 spiro atoms. The van der Waals surface area contributed by atoms with E-state index in [9.17, 15) is 19.2 Å². The summed E-state index contributed by atoms with van der Waals surface area (Å²) in [5, 5.41) is 8.67. The number of rotatable bonds is 14. The molecule has 3 amide bonds. The third kappa shape index (κ3) is 7.89. The van der Waals surface area contributed by atoms with Gasteiger partial charge in [0.1, 0.15) is 22.6 Å². The number of carbonyl (C=O) groups excluding carboxylic acids is 4. The number of epoxide rings is 1. The van der Waals surface area contributed by atoms with Crippen LogP contribution in [0.15, 0.2) is 36.5 Å². The van der Waals surface area contributed by atoms with Crippen molar-refractivity contribution in [2.45, 2.75) is 44.0 Å². The highest BCUT2D eigenvalue weighted by atomic mass is 32.1. The maximum atomic E-state index is 13.2. The molecular formula is C25H32N4O7S. The predicted octanol–water partition coefficient (Wildman–Crippen LogP) is 0.413. The van der Waals surface area contributed by atoms with Crippen molar-refractivity contribution in [3.8, 4) is 0 Å². The van der Waals surface area contributed by atoms with Crippen LogP contribution in [-0.4, -0.2) is 86.3 Å². The van der Waals surface area contributed by atoms with Gasteiger partial charge in [0.05, 0.1) is 37.1 Å². The molecule has 1 fully saturated rings. The maximum absolute atomic E-state index is 13.2. The molecule has 37 heavy (non-hydrogen) atoms. The topological polar surface area (TPSA) is 148 Å². The molecule has 200 valence electrons. The van der Waals surface area contributed by atoms with Crippen molar-refractivity contribution >= 4 is 34.8 Å². The van der Waals surface area contributed by atoms with Crippen molar-refractivity contribution in [3.05, 3.63) is 52.0 Å². The number of nitrogens with one attached hydrogen (secondary N) is 3. The lowest BCUT2D eigenvalue weighted by atomic mass is 9.94. The second kappa shape index (κ2) is 12.9. The van der Waals surface area contributed by atoms with Gasteiger partial charge in [-0.05, 0) is 25.8 Å². The molecule has 3 N–H and O–H groups in total. The van der Waals surface area contributed by atoms with E-state index in [2.05, 4.69) is 20.9 Å². The SMILES string of the molecule is COC[C@H](NC(=O)c1cnc(C)s1)C(=O)N[C@H](COC)C(=O)N[C@@H](Cc1ccccc1)C(=O)[C@]1(C)CO1. The summed E-state index contributed by atoms with van der Waals surface area (Å²) >= 11 is 1.19. The Balaban J connectivity index is 1.70. The molecule has 0 radical (unpaired) electrons. The minimum absolute atomic E-state index is 0.124. The number of aromatic nitrogens is 1. The van der Waals surface area contributed by atoms with Crippen LogP contribution in [0, 0.1) is 6.92 Å². The van der Waals surface area contributed by atoms with Crippen LogP contribution >= 0.6 is 11.3 Å². The molecule has 11 nitrogen and oxygen atoms in total. The second-order valence-corrected chi connectivity index (χ2v) is 10.1. The number of amides is 3. The molecule has 1 aliphatic heterocycles. The molecule has 1 aromatic carbocycles. The van der Waals surface area contributed by atoms with Crippen LogP contribution in [0.3, 0.4) is 0 Å². The summed E-state index contributed by atoms with van der Waals surface area (Å²) in [4.78, 5) is 56.3. The molecule has 0 saturated carbocycles. The minimum Gasteiger partial charge on any atom is -0.382 e. The summed E-state index contributed by atoms with van der Waals surface area (Å²) in [7, 11) is 2.78. The van der Waals surface area contributed by atoms with Crippen molar-refractivity contribution in [1.29, 1.82) is 0 Å². The number of aryl methyl sites for hydroxylation is 1. The molecule has 0 bridgehead atoms. The predicted molar refractivity (Wildman–Crippen MR) is 135 cm³/mol. The lowest BCUT2D eigenvalue weighted by molar-refractivity contribution is -0.134. The monoisotopic (exact) mass is 532 g/mol. The average molecular weight is 533 g/mol. The molecule has 3 rings (SSSR count). The Morgan fingerprint density at radius 2 is 1.57 bits per heavy atom. The number of nitrogens with zero attached hydrogens (tertiary/aromatic N) is 1. The number of ether oxygens (including phenoxy) is 3. The molecule has 0 aliphatic carbocycles. The summed E-state index contributed by atoms with van der Waals surface area (Å²) in [6.07, 6.45) is 1.68. The third-order valence-electron chi connectivity index (χ3n) is 5.78. The van der Waals surface area contributed by atoms with E-state index < -0.39 is 41.4 Å². The van der Waals surface area contributed by atoms with Crippen LogP contribution in [0.5, 0.6) is 0 Å². The molecular weight excluding hydrogens is 500 g/mol. The number of hydrogen-bond acceptors (Lipinski definition) is 9. The van der Waals surface area contributed by atoms with Gasteiger partial charge in [-0.25, -0.2) is 4.98 Å². The lowest BCUT2D eigenvalue weighted by Gasteiger charge is -2.25. The third-order valence-corrected chi connectivity index (χ3v) is 6.69. The zero-order chi connectivity index (χ0) is 27.0. The molecule has 1 saturated heterocycles. The van der Waals surface area contributed by atoms with E-state index in [1.54, 1.807) is 13.8 Å². The van der Waals surface area contributed by atoms with E-state index in [0.717, 1.165) is 5.56 Å². The van der Waals surface area contributed by atoms with Crippen molar-refractivity contribution in [2.75, 3.05) is 34.0 Å². The molecule has 1 aromatic heterocycles. The number of thiazole rings is 1. The van der Waals surface area contributed by atoms with Crippen LogP contribution < -0.4 is 16.0 Å².